The minimum absolute atomic E-state index is 0.253. The summed E-state index contributed by atoms with van der Waals surface area (Å²) < 4.78 is 2.40. The second-order valence-electron chi connectivity index (χ2n) is 7.68. The summed E-state index contributed by atoms with van der Waals surface area (Å²) in [6.07, 6.45) is 8.14. The normalized spacial score (nSPS) is 18.7. The summed E-state index contributed by atoms with van der Waals surface area (Å²) in [5.74, 6) is 2.06. The average molecular weight is 381 g/mol. The van der Waals surface area contributed by atoms with Crippen molar-refractivity contribution < 1.29 is 4.79 Å². The third-order valence-electron chi connectivity index (χ3n) is 6.03. The molecular formula is C21H24N4OS. The highest BCUT2D eigenvalue weighted by Crippen LogP contribution is 2.39. The fourth-order valence-corrected chi connectivity index (χ4v) is 5.00. The fraction of sp³-hybridized carbons (Fsp3) is 0.476. The molecule has 6 heteroatoms. The topological polar surface area (TPSA) is 51.0 Å². The highest BCUT2D eigenvalue weighted by molar-refractivity contribution is 7.10. The molecule has 1 saturated carbocycles. The summed E-state index contributed by atoms with van der Waals surface area (Å²) in [5.41, 5.74) is 2.03. The van der Waals surface area contributed by atoms with Gasteiger partial charge in [0.1, 0.15) is 11.3 Å². The second kappa shape index (κ2) is 7.08. The smallest absolute Gasteiger partial charge is 0.227 e. The summed E-state index contributed by atoms with van der Waals surface area (Å²) >= 11 is 1.66. The summed E-state index contributed by atoms with van der Waals surface area (Å²) in [6.45, 7) is 1.65. The Kier molecular flexibility index (Phi) is 4.44. The lowest BCUT2D eigenvalue weighted by Crippen LogP contribution is -2.40. The predicted octanol–water partition coefficient (Wildman–Crippen LogP) is 4.17. The maximum atomic E-state index is 12.6. The number of hydrogen-bond acceptors (Lipinski definition) is 4. The minimum atomic E-state index is 0.253. The molecule has 27 heavy (non-hydrogen) atoms. The quantitative estimate of drug-likeness (QED) is 0.683. The molecule has 0 bridgehead atoms. The van der Waals surface area contributed by atoms with Gasteiger partial charge in [0.05, 0.1) is 6.42 Å². The third-order valence-corrected chi connectivity index (χ3v) is 6.91. The zero-order chi connectivity index (χ0) is 18.2. The summed E-state index contributed by atoms with van der Waals surface area (Å²) in [4.78, 5) is 25.4. The predicted molar refractivity (Wildman–Crippen MR) is 107 cm³/mol. The first-order chi connectivity index (χ1) is 13.3. The van der Waals surface area contributed by atoms with Crippen LogP contribution in [0.25, 0.3) is 11.2 Å². The zero-order valence-corrected chi connectivity index (χ0v) is 16.2. The van der Waals surface area contributed by atoms with Crippen LogP contribution >= 0.6 is 11.3 Å². The van der Waals surface area contributed by atoms with Crippen molar-refractivity contribution in [1.29, 1.82) is 0 Å². The van der Waals surface area contributed by atoms with Crippen molar-refractivity contribution in [3.05, 3.63) is 46.5 Å². The van der Waals surface area contributed by atoms with Gasteiger partial charge in [-0.25, -0.2) is 9.97 Å². The molecule has 0 radical (unpaired) electrons. The molecule has 0 aromatic carbocycles. The van der Waals surface area contributed by atoms with Gasteiger partial charge >= 0.3 is 0 Å². The van der Waals surface area contributed by atoms with E-state index in [1.54, 1.807) is 11.3 Å². The van der Waals surface area contributed by atoms with Crippen LogP contribution in [0.2, 0.25) is 0 Å². The number of aromatic nitrogens is 3. The van der Waals surface area contributed by atoms with Crippen molar-refractivity contribution in [2.45, 2.75) is 50.5 Å². The Morgan fingerprint density at radius 3 is 2.70 bits per heavy atom. The second-order valence-corrected chi connectivity index (χ2v) is 8.71. The number of carbonyl (C=O) groups excluding carboxylic acids is 1. The Bertz CT molecular complexity index is 936. The summed E-state index contributed by atoms with van der Waals surface area (Å²) in [7, 11) is 0. The van der Waals surface area contributed by atoms with Crippen molar-refractivity contribution >= 4 is 28.4 Å². The standard InChI is InChI=1S/C21H24N4OS/c26-19(14-17-6-3-13-27-17)24-11-8-16(9-12-24)25-20(15-4-1-5-15)23-18-7-2-10-22-21(18)25/h2-3,6-7,10,13,15-16H,1,4-5,8-9,11-12,14H2. The molecule has 4 heterocycles. The first-order valence-electron chi connectivity index (χ1n) is 9.92. The van der Waals surface area contributed by atoms with Crippen molar-refractivity contribution in [2.24, 2.45) is 0 Å². The SMILES string of the molecule is O=C(Cc1cccs1)N1CCC(n2c(C3CCC3)nc3cccnc32)CC1. The lowest BCUT2D eigenvalue weighted by atomic mass is 9.84. The molecule has 0 N–H and O–H groups in total. The molecule has 2 fully saturated rings. The molecule has 140 valence electrons. The Morgan fingerprint density at radius 2 is 2.00 bits per heavy atom. The highest BCUT2D eigenvalue weighted by atomic mass is 32.1. The van der Waals surface area contributed by atoms with E-state index in [4.69, 9.17) is 4.98 Å². The van der Waals surface area contributed by atoms with E-state index in [9.17, 15) is 4.79 Å². The van der Waals surface area contributed by atoms with Gasteiger partial charge < -0.3 is 9.47 Å². The summed E-state index contributed by atoms with van der Waals surface area (Å²) in [6, 6.07) is 8.49. The lowest BCUT2D eigenvalue weighted by molar-refractivity contribution is -0.131. The zero-order valence-electron chi connectivity index (χ0n) is 15.4. The number of rotatable bonds is 4. The largest absolute Gasteiger partial charge is 0.342 e. The van der Waals surface area contributed by atoms with Crippen LogP contribution in [0.3, 0.4) is 0 Å². The molecule has 2 aliphatic rings. The number of fused-ring (bicyclic) bond motifs is 1. The van der Waals surface area contributed by atoms with Gasteiger partial charge in [0.2, 0.25) is 5.91 Å². The van der Waals surface area contributed by atoms with E-state index in [-0.39, 0.29) is 5.91 Å². The molecule has 5 nitrogen and oxygen atoms in total. The number of piperidine rings is 1. The van der Waals surface area contributed by atoms with Crippen molar-refractivity contribution in [2.75, 3.05) is 13.1 Å². The first-order valence-corrected chi connectivity index (χ1v) is 10.8. The van der Waals surface area contributed by atoms with E-state index >= 15 is 0 Å². The van der Waals surface area contributed by atoms with Gasteiger partial charge in [0, 0.05) is 36.1 Å². The van der Waals surface area contributed by atoms with Gasteiger partial charge in [0.15, 0.2) is 5.65 Å². The highest BCUT2D eigenvalue weighted by Gasteiger charge is 2.31. The van der Waals surface area contributed by atoms with Crippen LogP contribution in [0, 0.1) is 0 Å². The molecule has 1 saturated heterocycles. The van der Waals surface area contributed by atoms with Crippen LogP contribution in [-0.4, -0.2) is 38.4 Å². The van der Waals surface area contributed by atoms with E-state index in [0.717, 1.165) is 42.0 Å². The molecular weight excluding hydrogens is 356 g/mol. The van der Waals surface area contributed by atoms with Crippen LogP contribution in [-0.2, 0) is 11.2 Å². The molecule has 3 aromatic rings. The van der Waals surface area contributed by atoms with Gasteiger partial charge in [-0.2, -0.15) is 0 Å². The van der Waals surface area contributed by atoms with Crippen LogP contribution in [0.4, 0.5) is 0 Å². The monoisotopic (exact) mass is 380 g/mol. The molecule has 3 aromatic heterocycles. The molecule has 1 aliphatic carbocycles. The summed E-state index contributed by atoms with van der Waals surface area (Å²) in [5, 5.41) is 2.04. The minimum Gasteiger partial charge on any atom is -0.342 e. The molecule has 0 unspecified atom stereocenters. The molecule has 1 aliphatic heterocycles. The Labute approximate surface area is 163 Å². The van der Waals surface area contributed by atoms with Gasteiger partial charge in [-0.1, -0.05) is 12.5 Å². The number of carbonyl (C=O) groups is 1. The lowest BCUT2D eigenvalue weighted by Gasteiger charge is -2.35. The number of hydrogen-bond donors (Lipinski definition) is 0. The van der Waals surface area contributed by atoms with Gasteiger partial charge in [-0.15, -0.1) is 11.3 Å². The van der Waals surface area contributed by atoms with Crippen molar-refractivity contribution in [3.8, 4) is 0 Å². The maximum absolute atomic E-state index is 12.6. The van der Waals surface area contributed by atoms with E-state index < -0.39 is 0 Å². The molecule has 1 amide bonds. The van der Waals surface area contributed by atoms with Crippen molar-refractivity contribution in [3.63, 3.8) is 0 Å². The fourth-order valence-electron chi connectivity index (χ4n) is 4.31. The average Bonchev–Trinajstić information content (AvgIpc) is 3.28. The third kappa shape index (κ3) is 3.16. The number of pyridine rings is 1. The van der Waals surface area contributed by atoms with E-state index in [2.05, 4.69) is 15.6 Å². The van der Waals surface area contributed by atoms with Gasteiger partial charge in [-0.05, 0) is 49.3 Å². The van der Waals surface area contributed by atoms with Crippen LogP contribution in [0.15, 0.2) is 35.8 Å². The first kappa shape index (κ1) is 16.9. The van der Waals surface area contributed by atoms with Crippen molar-refractivity contribution in [1.82, 2.24) is 19.4 Å². The molecule has 0 spiro atoms. The van der Waals surface area contributed by atoms with E-state index in [1.807, 2.05) is 34.7 Å². The number of amides is 1. The maximum Gasteiger partial charge on any atom is 0.227 e. The Hall–Kier alpha value is -2.21. The Morgan fingerprint density at radius 1 is 1.15 bits per heavy atom. The number of imidazole rings is 1. The van der Waals surface area contributed by atoms with E-state index in [1.165, 1.54) is 25.1 Å². The van der Waals surface area contributed by atoms with Crippen LogP contribution in [0.5, 0.6) is 0 Å². The van der Waals surface area contributed by atoms with Gasteiger partial charge in [-0.3, -0.25) is 4.79 Å². The molecule has 0 atom stereocenters. The number of thiophene rings is 1. The van der Waals surface area contributed by atoms with Crippen LogP contribution in [0.1, 0.15) is 54.8 Å². The molecule has 5 rings (SSSR count). The Balaban J connectivity index is 1.34. The number of likely N-dealkylation sites (tertiary alicyclic amines) is 1. The van der Waals surface area contributed by atoms with E-state index in [0.29, 0.717) is 18.4 Å². The number of nitrogens with zero attached hydrogens (tertiary/aromatic N) is 4. The van der Waals surface area contributed by atoms with Gasteiger partial charge in [0.25, 0.3) is 0 Å². The van der Waals surface area contributed by atoms with Crippen LogP contribution < -0.4 is 0 Å².